The highest BCUT2D eigenvalue weighted by atomic mass is 16.5. The largest absolute Gasteiger partial charge is 0.456 e. The molecule has 0 bridgehead atoms. The zero-order valence-corrected chi connectivity index (χ0v) is 15.4. The van der Waals surface area contributed by atoms with Crippen molar-refractivity contribution in [3.05, 3.63) is 58.4 Å². The second kappa shape index (κ2) is 7.19. The van der Waals surface area contributed by atoms with E-state index >= 15 is 0 Å². The van der Waals surface area contributed by atoms with Gasteiger partial charge in [0.25, 0.3) is 11.8 Å². The average molecular weight is 368 g/mol. The summed E-state index contributed by atoms with van der Waals surface area (Å²) >= 11 is 0. The summed E-state index contributed by atoms with van der Waals surface area (Å²) in [6.07, 6.45) is 0. The molecule has 3 rings (SSSR count). The predicted molar refractivity (Wildman–Crippen MR) is 96.7 cm³/mol. The van der Waals surface area contributed by atoms with Crippen LogP contribution >= 0.6 is 0 Å². The summed E-state index contributed by atoms with van der Waals surface area (Å²) in [4.78, 5) is 49.8. The van der Waals surface area contributed by atoms with E-state index in [2.05, 4.69) is 0 Å². The lowest BCUT2D eigenvalue weighted by Crippen LogP contribution is -2.36. The average Bonchev–Trinajstić information content (AvgIpc) is 3.08. The fraction of sp³-hybridized carbons (Fsp3) is 0.300. The van der Waals surface area contributed by atoms with Gasteiger partial charge in [0, 0.05) is 23.5 Å². The molecule has 0 unspecified atom stereocenters. The molecule has 1 aromatic carbocycles. The molecule has 0 saturated heterocycles. The van der Waals surface area contributed by atoms with Crippen LogP contribution < -0.4 is 0 Å². The van der Waals surface area contributed by atoms with Crippen LogP contribution in [0.5, 0.6) is 0 Å². The molecule has 0 fully saturated rings. The van der Waals surface area contributed by atoms with E-state index < -0.39 is 30.9 Å². The van der Waals surface area contributed by atoms with Crippen LogP contribution in [0, 0.1) is 13.8 Å². The molecule has 27 heavy (non-hydrogen) atoms. The Labute approximate surface area is 156 Å². The molecular weight excluding hydrogens is 348 g/mol. The third-order valence-electron chi connectivity index (χ3n) is 4.72. The van der Waals surface area contributed by atoms with Crippen molar-refractivity contribution in [2.75, 3.05) is 13.2 Å². The van der Waals surface area contributed by atoms with Gasteiger partial charge in [-0.3, -0.25) is 24.1 Å². The van der Waals surface area contributed by atoms with E-state index in [4.69, 9.17) is 4.74 Å². The molecule has 2 aromatic rings. The minimum absolute atomic E-state index is 0.262. The van der Waals surface area contributed by atoms with Gasteiger partial charge < -0.3 is 9.30 Å². The number of aryl methyl sites for hydroxylation is 1. The number of amides is 2. The molecule has 1 aliphatic heterocycles. The van der Waals surface area contributed by atoms with Gasteiger partial charge in [-0.15, -0.1) is 0 Å². The summed E-state index contributed by atoms with van der Waals surface area (Å²) in [7, 11) is 0. The lowest BCUT2D eigenvalue weighted by Gasteiger charge is -2.12. The van der Waals surface area contributed by atoms with Gasteiger partial charge in [0.1, 0.15) is 6.54 Å². The quantitative estimate of drug-likeness (QED) is 0.443. The zero-order chi connectivity index (χ0) is 19.7. The van der Waals surface area contributed by atoms with Crippen LogP contribution in [0.2, 0.25) is 0 Å². The number of esters is 1. The molecule has 1 aromatic heterocycles. The number of carbonyl (C=O) groups excluding carboxylic acids is 4. The molecular formula is C20H20N2O5. The van der Waals surface area contributed by atoms with Crippen molar-refractivity contribution in [3.8, 4) is 0 Å². The van der Waals surface area contributed by atoms with Crippen LogP contribution in [0.1, 0.15) is 49.4 Å². The summed E-state index contributed by atoms with van der Waals surface area (Å²) in [6.45, 7) is 5.51. The molecule has 2 heterocycles. The maximum Gasteiger partial charge on any atom is 0.326 e. The Morgan fingerprint density at radius 2 is 1.63 bits per heavy atom. The minimum atomic E-state index is -0.804. The third-order valence-corrected chi connectivity index (χ3v) is 4.72. The van der Waals surface area contributed by atoms with Gasteiger partial charge in [0.05, 0.1) is 11.1 Å². The molecule has 0 atom stereocenters. The summed E-state index contributed by atoms with van der Waals surface area (Å²) in [5.41, 5.74) is 2.80. The Hall–Kier alpha value is -3.22. The predicted octanol–water partition coefficient (Wildman–Crippen LogP) is 2.15. The lowest BCUT2D eigenvalue weighted by atomic mass is 10.1. The normalized spacial score (nSPS) is 13.1. The number of imide groups is 1. The lowest BCUT2D eigenvalue weighted by molar-refractivity contribution is -0.142. The number of ether oxygens (including phenoxy) is 1. The molecule has 0 saturated carbocycles. The van der Waals surface area contributed by atoms with Crippen LogP contribution in [-0.4, -0.2) is 46.2 Å². The van der Waals surface area contributed by atoms with E-state index in [1.807, 2.05) is 25.3 Å². The second-order valence-electron chi connectivity index (χ2n) is 6.35. The Balaban J connectivity index is 1.62. The van der Waals surface area contributed by atoms with Gasteiger partial charge >= 0.3 is 5.97 Å². The molecule has 140 valence electrons. The number of fused-ring (bicyclic) bond motifs is 1. The highest BCUT2D eigenvalue weighted by Gasteiger charge is 2.36. The Bertz CT molecular complexity index is 922. The van der Waals surface area contributed by atoms with Crippen molar-refractivity contribution in [2.24, 2.45) is 0 Å². The van der Waals surface area contributed by atoms with Gasteiger partial charge in [-0.1, -0.05) is 12.1 Å². The second-order valence-corrected chi connectivity index (χ2v) is 6.35. The van der Waals surface area contributed by atoms with Crippen molar-refractivity contribution < 1.29 is 23.9 Å². The highest BCUT2D eigenvalue weighted by Crippen LogP contribution is 2.22. The summed E-state index contributed by atoms with van der Waals surface area (Å²) in [5, 5.41) is 0. The van der Waals surface area contributed by atoms with Crippen LogP contribution in [0.4, 0.5) is 0 Å². The van der Waals surface area contributed by atoms with Gasteiger partial charge in [-0.25, -0.2) is 0 Å². The van der Waals surface area contributed by atoms with Crippen LogP contribution in [0.25, 0.3) is 0 Å². The fourth-order valence-corrected chi connectivity index (χ4v) is 3.35. The van der Waals surface area contributed by atoms with Crippen LogP contribution in [0.3, 0.4) is 0 Å². The van der Waals surface area contributed by atoms with E-state index in [1.54, 1.807) is 18.2 Å². The fourth-order valence-electron chi connectivity index (χ4n) is 3.35. The van der Waals surface area contributed by atoms with Crippen molar-refractivity contribution >= 4 is 23.6 Å². The number of carbonyl (C=O) groups is 4. The minimum Gasteiger partial charge on any atom is -0.456 e. The van der Waals surface area contributed by atoms with Crippen molar-refractivity contribution in [1.82, 2.24) is 9.47 Å². The van der Waals surface area contributed by atoms with E-state index in [9.17, 15) is 19.2 Å². The van der Waals surface area contributed by atoms with E-state index in [0.717, 1.165) is 22.8 Å². The molecule has 0 spiro atoms. The van der Waals surface area contributed by atoms with Gasteiger partial charge in [-0.2, -0.15) is 0 Å². The number of aromatic nitrogens is 1. The first-order chi connectivity index (χ1) is 12.8. The number of hydrogen-bond donors (Lipinski definition) is 0. The van der Waals surface area contributed by atoms with Crippen LogP contribution in [-0.2, 0) is 16.1 Å². The third kappa shape index (κ3) is 3.28. The SMILES string of the molecule is CCn1c(C)cc(C(=O)COC(=O)CN2C(=O)c3ccccc3C2=O)c1C. The van der Waals surface area contributed by atoms with Crippen molar-refractivity contribution in [1.29, 1.82) is 0 Å². The summed E-state index contributed by atoms with van der Waals surface area (Å²) < 4.78 is 7.00. The standard InChI is InChI=1S/C20H20N2O5/c1-4-21-12(2)9-16(13(21)3)17(23)11-27-18(24)10-22-19(25)14-7-5-6-8-15(14)20(22)26/h5-9H,4,10-11H2,1-3H3. The molecule has 7 heteroatoms. The van der Waals surface area contributed by atoms with E-state index in [-0.39, 0.29) is 16.9 Å². The maximum atomic E-state index is 12.4. The van der Waals surface area contributed by atoms with E-state index in [0.29, 0.717) is 5.56 Å². The van der Waals surface area contributed by atoms with Crippen LogP contribution in [0.15, 0.2) is 30.3 Å². The first-order valence-electron chi connectivity index (χ1n) is 8.66. The number of rotatable bonds is 6. The highest BCUT2D eigenvalue weighted by molar-refractivity contribution is 6.22. The number of Topliss-reactive ketones (excluding diaryl/α,β-unsaturated/α-hetero) is 1. The molecule has 0 aliphatic carbocycles. The summed E-state index contributed by atoms with van der Waals surface area (Å²) in [6, 6.07) is 8.13. The topological polar surface area (TPSA) is 85.7 Å². The summed E-state index contributed by atoms with van der Waals surface area (Å²) in [5.74, 6) is -2.20. The zero-order valence-electron chi connectivity index (χ0n) is 15.4. The van der Waals surface area contributed by atoms with E-state index in [1.165, 1.54) is 12.1 Å². The molecule has 0 N–H and O–H groups in total. The van der Waals surface area contributed by atoms with Gasteiger partial charge in [0.2, 0.25) is 5.78 Å². The van der Waals surface area contributed by atoms with Crippen molar-refractivity contribution in [3.63, 3.8) is 0 Å². The number of benzene rings is 1. The Morgan fingerprint density at radius 3 is 2.15 bits per heavy atom. The molecule has 0 radical (unpaired) electrons. The van der Waals surface area contributed by atoms with Gasteiger partial charge in [0.15, 0.2) is 6.61 Å². The monoisotopic (exact) mass is 368 g/mol. The Morgan fingerprint density at radius 1 is 1.04 bits per heavy atom. The first-order valence-corrected chi connectivity index (χ1v) is 8.66. The number of ketones is 1. The number of nitrogens with zero attached hydrogens (tertiary/aromatic N) is 2. The molecule has 7 nitrogen and oxygen atoms in total. The smallest absolute Gasteiger partial charge is 0.326 e. The molecule has 1 aliphatic rings. The first kappa shape index (κ1) is 18.6. The Kier molecular flexibility index (Phi) is 4.94. The number of hydrogen-bond acceptors (Lipinski definition) is 5. The molecule has 2 amide bonds. The maximum absolute atomic E-state index is 12.4. The van der Waals surface area contributed by atoms with Crippen molar-refractivity contribution in [2.45, 2.75) is 27.3 Å². The van der Waals surface area contributed by atoms with Gasteiger partial charge in [-0.05, 0) is 39.0 Å².